The van der Waals surface area contributed by atoms with Crippen LogP contribution in [0.4, 0.5) is 0 Å². The number of halogens is 1. The lowest BCUT2D eigenvalue weighted by atomic mass is 10.1. The fourth-order valence-corrected chi connectivity index (χ4v) is 3.46. The van der Waals surface area contributed by atoms with E-state index in [0.29, 0.717) is 28.7 Å². The van der Waals surface area contributed by atoms with Crippen LogP contribution in [0, 0.1) is 0 Å². The molecule has 2 rings (SSSR count). The molecule has 0 aromatic heterocycles. The number of nitrogens with one attached hydrogen (secondary N) is 1. The number of ether oxygens (including phenoxy) is 3. The van der Waals surface area contributed by atoms with Crippen LogP contribution < -0.4 is 19.5 Å². The fraction of sp³-hybridized carbons (Fsp3) is 0.440. The lowest BCUT2D eigenvalue weighted by Crippen LogP contribution is -2.51. The van der Waals surface area contributed by atoms with Crippen molar-refractivity contribution in [3.8, 4) is 17.2 Å². The lowest BCUT2D eigenvalue weighted by molar-refractivity contribution is -0.143. The van der Waals surface area contributed by atoms with Gasteiger partial charge < -0.3 is 24.4 Å². The molecule has 0 spiro atoms. The minimum atomic E-state index is -0.661. The van der Waals surface area contributed by atoms with Crippen LogP contribution in [-0.2, 0) is 16.1 Å². The van der Waals surface area contributed by atoms with Crippen molar-refractivity contribution in [1.29, 1.82) is 0 Å². The van der Waals surface area contributed by atoms with Crippen molar-refractivity contribution in [2.24, 2.45) is 0 Å². The Morgan fingerprint density at radius 2 is 1.61 bits per heavy atom. The normalized spacial score (nSPS) is 12.4. The number of benzene rings is 2. The third kappa shape index (κ3) is 7.56. The monoisotopic (exact) mass is 476 g/mol. The first-order chi connectivity index (χ1) is 15.8. The number of amides is 2. The van der Waals surface area contributed by atoms with Gasteiger partial charge in [-0.1, -0.05) is 43.6 Å². The maximum atomic E-state index is 13.3. The van der Waals surface area contributed by atoms with Crippen molar-refractivity contribution in [2.75, 3.05) is 20.8 Å². The van der Waals surface area contributed by atoms with E-state index in [1.807, 2.05) is 39.0 Å². The van der Waals surface area contributed by atoms with Crippen LogP contribution in [0.2, 0.25) is 5.02 Å². The smallest absolute Gasteiger partial charge is 0.261 e. The van der Waals surface area contributed by atoms with Gasteiger partial charge in [0.15, 0.2) is 6.61 Å². The molecule has 8 heteroatoms. The Kier molecular flexibility index (Phi) is 10.3. The van der Waals surface area contributed by atoms with E-state index in [2.05, 4.69) is 5.32 Å². The molecule has 7 nitrogen and oxygen atoms in total. The van der Waals surface area contributed by atoms with Crippen LogP contribution >= 0.6 is 11.6 Å². The summed E-state index contributed by atoms with van der Waals surface area (Å²) < 4.78 is 16.3. The van der Waals surface area contributed by atoms with Crippen LogP contribution in [0.25, 0.3) is 0 Å². The maximum Gasteiger partial charge on any atom is 0.261 e. The number of methoxy groups -OCH3 is 2. The van der Waals surface area contributed by atoms with Crippen LogP contribution in [-0.4, -0.2) is 49.6 Å². The van der Waals surface area contributed by atoms with E-state index in [1.54, 1.807) is 24.3 Å². The van der Waals surface area contributed by atoms with E-state index in [1.165, 1.54) is 19.1 Å². The van der Waals surface area contributed by atoms with Crippen molar-refractivity contribution in [3.05, 3.63) is 53.1 Å². The highest BCUT2D eigenvalue weighted by Crippen LogP contribution is 2.27. The first-order valence-electron chi connectivity index (χ1n) is 11.0. The highest BCUT2D eigenvalue weighted by atomic mass is 35.5. The third-order valence-corrected chi connectivity index (χ3v) is 5.74. The molecule has 0 saturated carbocycles. The molecule has 2 aromatic rings. The summed E-state index contributed by atoms with van der Waals surface area (Å²) in [5.41, 5.74) is 0.755. The van der Waals surface area contributed by atoms with Gasteiger partial charge in [-0.15, -0.1) is 0 Å². The Morgan fingerprint density at radius 1 is 1.00 bits per heavy atom. The Labute approximate surface area is 201 Å². The third-order valence-electron chi connectivity index (χ3n) is 5.37. The van der Waals surface area contributed by atoms with Gasteiger partial charge in [0.1, 0.15) is 23.3 Å². The summed E-state index contributed by atoms with van der Waals surface area (Å²) in [6.07, 6.45) is 1.24. The molecular formula is C25H33ClN2O5. The molecule has 0 aliphatic carbocycles. The molecule has 0 unspecified atom stereocenters. The minimum absolute atomic E-state index is 0.00399. The molecule has 0 bridgehead atoms. The largest absolute Gasteiger partial charge is 0.496 e. The molecule has 0 fully saturated rings. The second kappa shape index (κ2) is 12.9. The van der Waals surface area contributed by atoms with Crippen molar-refractivity contribution in [3.63, 3.8) is 0 Å². The summed E-state index contributed by atoms with van der Waals surface area (Å²) in [5.74, 6) is 0.987. The van der Waals surface area contributed by atoms with Gasteiger partial charge in [-0.05, 0) is 31.4 Å². The van der Waals surface area contributed by atoms with Crippen LogP contribution in [0.3, 0.4) is 0 Å². The summed E-state index contributed by atoms with van der Waals surface area (Å²) in [4.78, 5) is 27.8. The number of hydrogen-bond donors (Lipinski definition) is 1. The molecule has 0 heterocycles. The number of hydrogen-bond acceptors (Lipinski definition) is 5. The van der Waals surface area contributed by atoms with Gasteiger partial charge >= 0.3 is 0 Å². The Morgan fingerprint density at radius 3 is 2.15 bits per heavy atom. The van der Waals surface area contributed by atoms with Gasteiger partial charge in [0.05, 0.1) is 14.2 Å². The highest BCUT2D eigenvalue weighted by Gasteiger charge is 2.30. The molecule has 0 saturated heterocycles. The first-order valence-corrected chi connectivity index (χ1v) is 11.4. The van der Waals surface area contributed by atoms with Gasteiger partial charge in [0.25, 0.3) is 5.91 Å². The molecular weight excluding hydrogens is 444 g/mol. The van der Waals surface area contributed by atoms with E-state index in [9.17, 15) is 9.59 Å². The van der Waals surface area contributed by atoms with Gasteiger partial charge in [-0.2, -0.15) is 0 Å². The second-order valence-electron chi connectivity index (χ2n) is 7.69. The molecule has 2 atom stereocenters. The van der Waals surface area contributed by atoms with E-state index < -0.39 is 6.04 Å². The zero-order valence-electron chi connectivity index (χ0n) is 19.9. The van der Waals surface area contributed by atoms with Gasteiger partial charge in [0.2, 0.25) is 5.91 Å². The number of rotatable bonds is 12. The SMILES string of the molecule is CC[C@H](C)NC(=O)[C@H](CC)N(Cc1ccccc1Cl)C(=O)COc1cc(OC)cc(OC)c1. The second-order valence-corrected chi connectivity index (χ2v) is 8.10. The first kappa shape index (κ1) is 26.3. The summed E-state index contributed by atoms with van der Waals surface area (Å²) in [6, 6.07) is 11.7. The molecule has 0 radical (unpaired) electrons. The van der Waals surface area contributed by atoms with E-state index in [0.717, 1.165) is 12.0 Å². The average molecular weight is 477 g/mol. The van der Waals surface area contributed by atoms with E-state index in [4.69, 9.17) is 25.8 Å². The van der Waals surface area contributed by atoms with Crippen molar-refractivity contribution < 1.29 is 23.8 Å². The Hall–Kier alpha value is -2.93. The molecule has 0 aliphatic rings. The number of carbonyl (C=O) groups excluding carboxylic acids is 2. The van der Waals surface area contributed by atoms with Gasteiger partial charge in [-0.3, -0.25) is 9.59 Å². The average Bonchev–Trinajstić information content (AvgIpc) is 2.83. The zero-order valence-corrected chi connectivity index (χ0v) is 20.6. The van der Waals surface area contributed by atoms with Gasteiger partial charge in [-0.25, -0.2) is 0 Å². The highest BCUT2D eigenvalue weighted by molar-refractivity contribution is 6.31. The molecule has 0 aliphatic heterocycles. The van der Waals surface area contributed by atoms with Gasteiger partial charge in [0, 0.05) is 35.8 Å². The lowest BCUT2D eigenvalue weighted by Gasteiger charge is -2.31. The zero-order chi connectivity index (χ0) is 24.4. The summed E-state index contributed by atoms with van der Waals surface area (Å²) in [5, 5.41) is 3.51. The molecule has 180 valence electrons. The predicted molar refractivity (Wildman–Crippen MR) is 129 cm³/mol. The number of carbonyl (C=O) groups is 2. The fourth-order valence-electron chi connectivity index (χ4n) is 3.26. The standard InChI is InChI=1S/C25H33ClN2O5/c1-6-17(3)27-25(30)23(7-2)28(15-18-10-8-9-11-22(18)26)24(29)16-33-21-13-19(31-4)12-20(14-21)32-5/h8-14,17,23H,6-7,15-16H2,1-5H3,(H,27,30)/t17-,23-/m0/s1. The van der Waals surface area contributed by atoms with Crippen LogP contribution in [0.5, 0.6) is 17.2 Å². The topological polar surface area (TPSA) is 77.1 Å². The van der Waals surface area contributed by atoms with E-state index in [-0.39, 0.29) is 31.0 Å². The predicted octanol–water partition coefficient (Wildman–Crippen LogP) is 4.46. The van der Waals surface area contributed by atoms with Crippen LogP contribution in [0.15, 0.2) is 42.5 Å². The molecule has 1 N–H and O–H groups in total. The maximum absolute atomic E-state index is 13.3. The Bertz CT molecular complexity index is 915. The summed E-state index contributed by atoms with van der Waals surface area (Å²) >= 11 is 6.35. The minimum Gasteiger partial charge on any atom is -0.496 e. The van der Waals surface area contributed by atoms with Crippen molar-refractivity contribution in [1.82, 2.24) is 10.2 Å². The van der Waals surface area contributed by atoms with Crippen LogP contribution in [0.1, 0.15) is 39.2 Å². The quantitative estimate of drug-likeness (QED) is 0.489. The number of nitrogens with zero attached hydrogens (tertiary/aromatic N) is 1. The molecule has 33 heavy (non-hydrogen) atoms. The molecule has 2 aromatic carbocycles. The summed E-state index contributed by atoms with van der Waals surface area (Å²) in [7, 11) is 3.08. The molecule has 2 amide bonds. The Balaban J connectivity index is 2.27. The van der Waals surface area contributed by atoms with Crippen molar-refractivity contribution >= 4 is 23.4 Å². The van der Waals surface area contributed by atoms with Crippen molar-refractivity contribution in [2.45, 2.75) is 52.2 Å². The van der Waals surface area contributed by atoms with E-state index >= 15 is 0 Å². The summed E-state index contributed by atoms with van der Waals surface area (Å²) in [6.45, 7) is 5.74.